The maximum atomic E-state index is 12.6. The van der Waals surface area contributed by atoms with Crippen molar-refractivity contribution < 1.29 is 14.3 Å². The van der Waals surface area contributed by atoms with Crippen LogP contribution in [0.4, 0.5) is 4.79 Å². The first-order valence-electron chi connectivity index (χ1n) is 8.50. The molecule has 4 nitrogen and oxygen atoms in total. The number of carbonyl (C=O) groups is 2. The summed E-state index contributed by atoms with van der Waals surface area (Å²) < 4.78 is 5.62. The lowest BCUT2D eigenvalue weighted by Gasteiger charge is -2.14. The van der Waals surface area contributed by atoms with Crippen LogP contribution in [0.25, 0.3) is 6.08 Å². The minimum atomic E-state index is -0.245. The van der Waals surface area contributed by atoms with Crippen LogP contribution in [-0.2, 0) is 11.3 Å². The number of carbonyl (C=O) groups excluding carboxylic acids is 2. The lowest BCUT2D eigenvalue weighted by Crippen LogP contribution is -2.27. The van der Waals surface area contributed by atoms with Crippen molar-refractivity contribution in [3.05, 3.63) is 70.1 Å². The quantitative estimate of drug-likeness (QED) is 0.696. The molecule has 134 valence electrons. The third-order valence-electron chi connectivity index (χ3n) is 4.01. The van der Waals surface area contributed by atoms with Crippen LogP contribution in [0.5, 0.6) is 5.75 Å². The predicted molar refractivity (Wildman–Crippen MR) is 105 cm³/mol. The second kappa shape index (κ2) is 7.79. The minimum Gasteiger partial charge on any atom is -0.491 e. The third-order valence-corrected chi connectivity index (χ3v) is 4.92. The molecule has 0 saturated carbocycles. The van der Waals surface area contributed by atoms with E-state index < -0.39 is 0 Å². The number of aryl methyl sites for hydroxylation is 1. The maximum Gasteiger partial charge on any atom is 0.293 e. The first-order chi connectivity index (χ1) is 12.4. The van der Waals surface area contributed by atoms with Crippen molar-refractivity contribution in [2.45, 2.75) is 33.4 Å². The van der Waals surface area contributed by atoms with E-state index in [-0.39, 0.29) is 17.3 Å². The molecular formula is C21H21NO3S. The predicted octanol–water partition coefficient (Wildman–Crippen LogP) is 5.02. The van der Waals surface area contributed by atoms with Crippen molar-refractivity contribution >= 4 is 29.0 Å². The first-order valence-corrected chi connectivity index (χ1v) is 9.32. The molecule has 2 aromatic carbocycles. The van der Waals surface area contributed by atoms with Gasteiger partial charge in [0, 0.05) is 0 Å². The molecule has 2 aromatic rings. The lowest BCUT2D eigenvalue weighted by molar-refractivity contribution is -0.123. The number of imide groups is 1. The molecule has 3 rings (SSSR count). The summed E-state index contributed by atoms with van der Waals surface area (Å²) >= 11 is 0.984. The Bertz CT molecular complexity index is 856. The smallest absolute Gasteiger partial charge is 0.293 e. The molecule has 1 fully saturated rings. The van der Waals surface area contributed by atoms with E-state index in [1.54, 1.807) is 6.08 Å². The van der Waals surface area contributed by atoms with Gasteiger partial charge in [0.05, 0.1) is 17.6 Å². The van der Waals surface area contributed by atoms with Gasteiger partial charge in [-0.2, -0.15) is 0 Å². The van der Waals surface area contributed by atoms with Crippen molar-refractivity contribution in [2.24, 2.45) is 0 Å². The molecule has 1 aliphatic heterocycles. The Morgan fingerprint density at radius 1 is 1.08 bits per heavy atom. The van der Waals surface area contributed by atoms with Crippen molar-refractivity contribution in [3.63, 3.8) is 0 Å². The molecule has 26 heavy (non-hydrogen) atoms. The number of rotatable bonds is 5. The average Bonchev–Trinajstić information content (AvgIpc) is 2.85. The van der Waals surface area contributed by atoms with E-state index in [9.17, 15) is 9.59 Å². The molecule has 1 aliphatic rings. The largest absolute Gasteiger partial charge is 0.491 e. The van der Waals surface area contributed by atoms with Crippen LogP contribution in [-0.4, -0.2) is 22.2 Å². The van der Waals surface area contributed by atoms with E-state index in [1.807, 2.05) is 69.3 Å². The van der Waals surface area contributed by atoms with Crippen LogP contribution in [0.15, 0.2) is 53.4 Å². The van der Waals surface area contributed by atoms with Crippen LogP contribution in [0.1, 0.15) is 30.5 Å². The standard InChI is InChI=1S/C21H21NO3S/c1-14(2)25-18-10-8-16(9-11-18)12-19-20(23)22(21(24)26-19)13-17-7-5-4-6-15(17)3/h4-12,14H,13H2,1-3H3/b19-12-. The van der Waals surface area contributed by atoms with E-state index in [0.717, 1.165) is 34.2 Å². The van der Waals surface area contributed by atoms with Gasteiger partial charge in [-0.1, -0.05) is 36.4 Å². The first kappa shape index (κ1) is 18.3. The molecule has 2 amide bonds. The molecular weight excluding hydrogens is 346 g/mol. The van der Waals surface area contributed by atoms with Crippen LogP contribution < -0.4 is 4.74 Å². The summed E-state index contributed by atoms with van der Waals surface area (Å²) in [4.78, 5) is 26.7. The Labute approximate surface area is 157 Å². The molecule has 0 atom stereocenters. The fourth-order valence-corrected chi connectivity index (χ4v) is 3.50. The second-order valence-corrected chi connectivity index (χ2v) is 7.42. The number of hydrogen-bond acceptors (Lipinski definition) is 4. The minimum absolute atomic E-state index is 0.110. The van der Waals surface area contributed by atoms with Crippen LogP contribution in [0.2, 0.25) is 0 Å². The zero-order valence-corrected chi connectivity index (χ0v) is 15.9. The zero-order chi connectivity index (χ0) is 18.7. The number of benzene rings is 2. The fraction of sp³-hybridized carbons (Fsp3) is 0.238. The van der Waals surface area contributed by atoms with E-state index in [2.05, 4.69) is 0 Å². The summed E-state index contributed by atoms with van der Waals surface area (Å²) in [6.07, 6.45) is 1.86. The molecule has 0 N–H and O–H groups in total. The van der Waals surface area contributed by atoms with Gasteiger partial charge in [0.1, 0.15) is 5.75 Å². The third kappa shape index (κ3) is 4.17. The highest BCUT2D eigenvalue weighted by Crippen LogP contribution is 2.33. The Morgan fingerprint density at radius 3 is 2.42 bits per heavy atom. The molecule has 0 unspecified atom stereocenters. The van der Waals surface area contributed by atoms with Gasteiger partial charge >= 0.3 is 0 Å². The van der Waals surface area contributed by atoms with Gasteiger partial charge < -0.3 is 4.74 Å². The van der Waals surface area contributed by atoms with Gasteiger partial charge in [0.2, 0.25) is 0 Å². The monoisotopic (exact) mass is 367 g/mol. The zero-order valence-electron chi connectivity index (χ0n) is 15.1. The van der Waals surface area contributed by atoms with Crippen molar-refractivity contribution in [1.29, 1.82) is 0 Å². The van der Waals surface area contributed by atoms with Gasteiger partial charge in [-0.25, -0.2) is 0 Å². The lowest BCUT2D eigenvalue weighted by atomic mass is 10.1. The van der Waals surface area contributed by atoms with Gasteiger partial charge in [-0.15, -0.1) is 0 Å². The van der Waals surface area contributed by atoms with E-state index in [0.29, 0.717) is 11.4 Å². The molecule has 1 saturated heterocycles. The van der Waals surface area contributed by atoms with Crippen molar-refractivity contribution in [2.75, 3.05) is 0 Å². The molecule has 0 spiro atoms. The summed E-state index contributed by atoms with van der Waals surface area (Å²) in [7, 11) is 0. The molecule has 0 radical (unpaired) electrons. The van der Waals surface area contributed by atoms with Gasteiger partial charge in [-0.3, -0.25) is 14.5 Å². The Hall–Kier alpha value is -2.53. The van der Waals surface area contributed by atoms with Crippen molar-refractivity contribution in [1.82, 2.24) is 4.90 Å². The molecule has 0 bridgehead atoms. The SMILES string of the molecule is Cc1ccccc1CN1C(=O)S/C(=C\c2ccc(OC(C)C)cc2)C1=O. The number of thioether (sulfide) groups is 1. The highest BCUT2D eigenvalue weighted by Gasteiger charge is 2.35. The van der Waals surface area contributed by atoms with E-state index in [1.165, 1.54) is 4.90 Å². The molecule has 0 aromatic heterocycles. The number of nitrogens with zero attached hydrogens (tertiary/aromatic N) is 1. The van der Waals surface area contributed by atoms with E-state index >= 15 is 0 Å². The molecule has 5 heteroatoms. The summed E-state index contributed by atoms with van der Waals surface area (Å²) in [6, 6.07) is 15.3. The molecule has 0 aliphatic carbocycles. The number of hydrogen-bond donors (Lipinski definition) is 0. The summed E-state index contributed by atoms with van der Waals surface area (Å²) in [5, 5.41) is -0.232. The van der Waals surface area contributed by atoms with Crippen LogP contribution >= 0.6 is 11.8 Å². The molecule has 1 heterocycles. The summed E-state index contributed by atoms with van der Waals surface area (Å²) in [6.45, 7) is 6.22. The van der Waals surface area contributed by atoms with Crippen molar-refractivity contribution in [3.8, 4) is 5.75 Å². The van der Waals surface area contributed by atoms with Crippen LogP contribution in [0.3, 0.4) is 0 Å². The van der Waals surface area contributed by atoms with E-state index in [4.69, 9.17) is 4.74 Å². The topological polar surface area (TPSA) is 46.6 Å². The second-order valence-electron chi connectivity index (χ2n) is 6.43. The number of ether oxygens (including phenoxy) is 1. The van der Waals surface area contributed by atoms with Gasteiger partial charge in [-0.05, 0) is 67.4 Å². The normalized spacial score (nSPS) is 16.0. The summed E-state index contributed by atoms with van der Waals surface area (Å²) in [5.74, 6) is 0.538. The number of amides is 2. The van der Waals surface area contributed by atoms with Gasteiger partial charge in [0.15, 0.2) is 0 Å². The highest BCUT2D eigenvalue weighted by molar-refractivity contribution is 8.18. The highest BCUT2D eigenvalue weighted by atomic mass is 32.2. The Balaban J connectivity index is 1.75. The average molecular weight is 367 g/mol. The Morgan fingerprint density at radius 2 is 1.77 bits per heavy atom. The Kier molecular flexibility index (Phi) is 5.47. The maximum absolute atomic E-state index is 12.6. The van der Waals surface area contributed by atoms with Gasteiger partial charge in [0.25, 0.3) is 11.1 Å². The summed E-state index contributed by atoms with van der Waals surface area (Å²) in [5.41, 5.74) is 2.91. The van der Waals surface area contributed by atoms with Crippen LogP contribution in [0, 0.1) is 6.92 Å². The fourth-order valence-electron chi connectivity index (χ4n) is 2.66.